The van der Waals surface area contributed by atoms with Gasteiger partial charge in [-0.15, -0.1) is 0 Å². The van der Waals surface area contributed by atoms with Gasteiger partial charge in [-0.1, -0.05) is 25.8 Å². The Hall–Kier alpha value is -1.77. The van der Waals surface area contributed by atoms with Crippen LogP contribution in [-0.4, -0.2) is 15.8 Å². The van der Waals surface area contributed by atoms with Crippen LogP contribution in [-0.2, 0) is 0 Å². The molecule has 1 fully saturated rings. The van der Waals surface area contributed by atoms with Crippen molar-refractivity contribution in [1.29, 1.82) is 0 Å². The number of aromatic nitrogens is 2. The number of nitrogens with zero attached hydrogens (tertiary/aromatic N) is 2. The Balaban J connectivity index is 1.73. The monoisotopic (exact) mass is 255 g/mol. The first-order valence-corrected chi connectivity index (χ1v) is 7.18. The molecule has 1 N–H and O–H groups in total. The van der Waals surface area contributed by atoms with E-state index in [-0.39, 0.29) is 0 Å². The van der Waals surface area contributed by atoms with E-state index in [0.29, 0.717) is 6.04 Å². The molecule has 0 saturated heterocycles. The number of nitrogens with one attached hydrogen (secondary N) is 1. The molecule has 1 aliphatic carbocycles. The molecule has 0 aliphatic heterocycles. The predicted molar refractivity (Wildman–Crippen MR) is 78.6 cm³/mol. The highest BCUT2D eigenvalue weighted by molar-refractivity contribution is 5.51. The minimum absolute atomic E-state index is 0.622. The molecule has 3 nitrogen and oxygen atoms in total. The van der Waals surface area contributed by atoms with Crippen molar-refractivity contribution >= 4 is 5.69 Å². The standard InChI is InChI=1S/C16H21N3/c1-13-5-2-6-14(11-13)18-15-7-3-8-16(12-15)19-10-4-9-17-19/h3-4,7-10,12-14,18H,2,5-6,11H2,1H3. The van der Waals surface area contributed by atoms with Gasteiger partial charge in [-0.05, 0) is 43.0 Å². The number of hydrogen-bond donors (Lipinski definition) is 1. The minimum Gasteiger partial charge on any atom is -0.382 e. The van der Waals surface area contributed by atoms with E-state index in [1.807, 2.05) is 23.1 Å². The lowest BCUT2D eigenvalue weighted by Crippen LogP contribution is -2.26. The molecule has 1 aliphatic rings. The van der Waals surface area contributed by atoms with E-state index in [1.54, 1.807) is 0 Å². The van der Waals surface area contributed by atoms with Crippen molar-refractivity contribution in [3.05, 3.63) is 42.7 Å². The van der Waals surface area contributed by atoms with Gasteiger partial charge in [0.05, 0.1) is 5.69 Å². The van der Waals surface area contributed by atoms with Crippen LogP contribution in [0.4, 0.5) is 5.69 Å². The Morgan fingerprint density at radius 3 is 3.00 bits per heavy atom. The van der Waals surface area contributed by atoms with E-state index in [4.69, 9.17) is 0 Å². The lowest BCUT2D eigenvalue weighted by molar-refractivity contribution is 0.358. The van der Waals surface area contributed by atoms with Crippen molar-refractivity contribution in [2.24, 2.45) is 5.92 Å². The lowest BCUT2D eigenvalue weighted by atomic mass is 9.87. The minimum atomic E-state index is 0.622. The van der Waals surface area contributed by atoms with Crippen molar-refractivity contribution in [2.75, 3.05) is 5.32 Å². The average molecular weight is 255 g/mol. The molecule has 2 atom stereocenters. The molecule has 2 aromatic rings. The molecule has 1 aromatic heterocycles. The van der Waals surface area contributed by atoms with Gasteiger partial charge in [0.1, 0.15) is 0 Å². The molecule has 3 heteroatoms. The van der Waals surface area contributed by atoms with Gasteiger partial charge >= 0.3 is 0 Å². The fourth-order valence-electron chi connectivity index (χ4n) is 2.96. The topological polar surface area (TPSA) is 29.9 Å². The fraction of sp³-hybridized carbons (Fsp3) is 0.438. The summed E-state index contributed by atoms with van der Waals surface area (Å²) in [7, 11) is 0. The van der Waals surface area contributed by atoms with E-state index >= 15 is 0 Å². The normalized spacial score (nSPS) is 23.2. The molecule has 1 saturated carbocycles. The summed E-state index contributed by atoms with van der Waals surface area (Å²) in [4.78, 5) is 0. The summed E-state index contributed by atoms with van der Waals surface area (Å²) in [5.74, 6) is 0.848. The van der Waals surface area contributed by atoms with Crippen molar-refractivity contribution < 1.29 is 0 Å². The van der Waals surface area contributed by atoms with Crippen LogP contribution in [0.3, 0.4) is 0 Å². The maximum absolute atomic E-state index is 4.28. The molecule has 0 spiro atoms. The van der Waals surface area contributed by atoms with Gasteiger partial charge in [0.2, 0.25) is 0 Å². The second kappa shape index (κ2) is 5.47. The summed E-state index contributed by atoms with van der Waals surface area (Å²) >= 11 is 0. The summed E-state index contributed by atoms with van der Waals surface area (Å²) in [6.45, 7) is 2.36. The molecule has 0 bridgehead atoms. The fourth-order valence-corrected chi connectivity index (χ4v) is 2.96. The third-order valence-corrected chi connectivity index (χ3v) is 3.92. The third kappa shape index (κ3) is 2.98. The van der Waals surface area contributed by atoms with Crippen molar-refractivity contribution in [3.63, 3.8) is 0 Å². The van der Waals surface area contributed by atoms with Crippen LogP contribution in [0.25, 0.3) is 5.69 Å². The number of benzene rings is 1. The van der Waals surface area contributed by atoms with E-state index in [9.17, 15) is 0 Å². The van der Waals surface area contributed by atoms with Gasteiger partial charge in [0.25, 0.3) is 0 Å². The van der Waals surface area contributed by atoms with Gasteiger partial charge in [-0.25, -0.2) is 4.68 Å². The largest absolute Gasteiger partial charge is 0.382 e. The summed E-state index contributed by atoms with van der Waals surface area (Å²) in [5, 5.41) is 7.95. The molecule has 1 aromatic carbocycles. The van der Waals surface area contributed by atoms with E-state index in [1.165, 1.54) is 31.4 Å². The first-order chi connectivity index (χ1) is 9.31. The summed E-state index contributed by atoms with van der Waals surface area (Å²) in [5.41, 5.74) is 2.31. The second-order valence-electron chi connectivity index (χ2n) is 5.61. The highest BCUT2D eigenvalue weighted by atomic mass is 15.3. The summed E-state index contributed by atoms with van der Waals surface area (Å²) in [6, 6.07) is 11.1. The number of rotatable bonds is 3. The van der Waals surface area contributed by atoms with Crippen LogP contribution >= 0.6 is 0 Å². The second-order valence-corrected chi connectivity index (χ2v) is 5.61. The molecule has 0 radical (unpaired) electrons. The molecular formula is C16H21N3. The third-order valence-electron chi connectivity index (χ3n) is 3.92. The van der Waals surface area contributed by atoms with Crippen molar-refractivity contribution in [3.8, 4) is 5.69 Å². The number of anilines is 1. The average Bonchev–Trinajstić information content (AvgIpc) is 2.93. The Morgan fingerprint density at radius 1 is 1.26 bits per heavy atom. The first-order valence-electron chi connectivity index (χ1n) is 7.18. The maximum Gasteiger partial charge on any atom is 0.0666 e. The molecule has 1 heterocycles. The Morgan fingerprint density at radius 2 is 2.21 bits per heavy atom. The molecule has 2 unspecified atom stereocenters. The van der Waals surface area contributed by atoms with Crippen LogP contribution in [0.1, 0.15) is 32.6 Å². The zero-order valence-electron chi connectivity index (χ0n) is 11.4. The highest BCUT2D eigenvalue weighted by Crippen LogP contribution is 2.26. The van der Waals surface area contributed by atoms with Crippen LogP contribution in [0.2, 0.25) is 0 Å². The zero-order chi connectivity index (χ0) is 13.1. The lowest BCUT2D eigenvalue weighted by Gasteiger charge is -2.28. The van der Waals surface area contributed by atoms with Crippen LogP contribution < -0.4 is 5.32 Å². The van der Waals surface area contributed by atoms with Crippen molar-refractivity contribution in [2.45, 2.75) is 38.6 Å². The first kappa shape index (κ1) is 12.3. The SMILES string of the molecule is CC1CCCC(Nc2cccc(-n3cccn3)c2)C1. The van der Waals surface area contributed by atoms with Gasteiger partial charge < -0.3 is 5.32 Å². The van der Waals surface area contributed by atoms with Crippen molar-refractivity contribution in [1.82, 2.24) is 9.78 Å². The van der Waals surface area contributed by atoms with Crippen LogP contribution in [0.5, 0.6) is 0 Å². The smallest absolute Gasteiger partial charge is 0.0666 e. The van der Waals surface area contributed by atoms with E-state index in [0.717, 1.165) is 11.6 Å². The Bertz CT molecular complexity index is 519. The van der Waals surface area contributed by atoms with E-state index < -0.39 is 0 Å². The van der Waals surface area contributed by atoms with Gasteiger partial charge in [0.15, 0.2) is 0 Å². The summed E-state index contributed by atoms with van der Waals surface area (Å²) < 4.78 is 1.90. The molecule has 3 rings (SSSR count). The zero-order valence-corrected chi connectivity index (χ0v) is 11.4. The summed E-state index contributed by atoms with van der Waals surface area (Å²) in [6.07, 6.45) is 9.08. The van der Waals surface area contributed by atoms with Gasteiger partial charge in [-0.2, -0.15) is 5.10 Å². The van der Waals surface area contributed by atoms with Gasteiger partial charge in [-0.3, -0.25) is 0 Å². The Labute approximate surface area is 114 Å². The van der Waals surface area contributed by atoms with Crippen LogP contribution in [0, 0.1) is 5.92 Å². The Kier molecular flexibility index (Phi) is 3.53. The maximum atomic E-state index is 4.28. The highest BCUT2D eigenvalue weighted by Gasteiger charge is 2.18. The molecule has 0 amide bonds. The molecular weight excluding hydrogens is 234 g/mol. The molecule has 19 heavy (non-hydrogen) atoms. The number of hydrogen-bond acceptors (Lipinski definition) is 2. The van der Waals surface area contributed by atoms with E-state index in [2.05, 4.69) is 41.6 Å². The molecule has 100 valence electrons. The predicted octanol–water partition coefficient (Wildman–Crippen LogP) is 3.86. The quantitative estimate of drug-likeness (QED) is 0.902. The van der Waals surface area contributed by atoms with Gasteiger partial charge in [0, 0.05) is 24.1 Å². The van der Waals surface area contributed by atoms with Crippen LogP contribution in [0.15, 0.2) is 42.7 Å².